The molecule has 0 saturated carbocycles. The lowest BCUT2D eigenvalue weighted by Crippen LogP contribution is -2.41. The molecule has 1 aliphatic rings. The van der Waals surface area contributed by atoms with Crippen LogP contribution in [0.15, 0.2) is 72.9 Å². The lowest BCUT2D eigenvalue weighted by atomic mass is 10.0. The van der Waals surface area contributed by atoms with Crippen molar-refractivity contribution in [3.8, 4) is 23.0 Å². The van der Waals surface area contributed by atoms with Crippen molar-refractivity contribution in [3.63, 3.8) is 0 Å². The lowest BCUT2D eigenvalue weighted by Gasteiger charge is -2.33. The Morgan fingerprint density at radius 2 is 1.41 bits per heavy atom. The number of pyridine rings is 1. The molecule has 4 N–H and O–H groups in total. The van der Waals surface area contributed by atoms with Gasteiger partial charge in [0.05, 0.1) is 19.7 Å². The zero-order valence-electron chi connectivity index (χ0n) is 30.0. The molecule has 1 fully saturated rings. The summed E-state index contributed by atoms with van der Waals surface area (Å²) in [5.74, 6) is 2.69. The first kappa shape index (κ1) is 42.1. The van der Waals surface area contributed by atoms with Crippen LogP contribution in [0.3, 0.4) is 0 Å². The maximum Gasteiger partial charge on any atom is 0.204 e. The molecule has 2 heterocycles. The molecule has 1 aliphatic heterocycles. The normalized spacial score (nSPS) is 11.8. The number of hydrogen-bond acceptors (Lipinski definition) is 11. The molecule has 12 nitrogen and oxygen atoms in total. The molecular weight excluding hydrogens is 626 g/mol. The van der Waals surface area contributed by atoms with Gasteiger partial charge in [-0.1, -0.05) is 13.0 Å². The van der Waals surface area contributed by atoms with E-state index in [-0.39, 0.29) is 6.41 Å². The maximum absolute atomic E-state index is 9.17. The van der Waals surface area contributed by atoms with Crippen molar-refractivity contribution >= 4 is 40.7 Å². The number of ether oxygens (including phenoxy) is 5. The fourth-order valence-electron chi connectivity index (χ4n) is 4.65. The number of primary amides is 1. The van der Waals surface area contributed by atoms with E-state index in [2.05, 4.69) is 67.0 Å². The highest BCUT2D eigenvalue weighted by atomic mass is 16.5. The second-order valence-corrected chi connectivity index (χ2v) is 10.4. The Balaban J connectivity index is 0.000000802. The predicted octanol–water partition coefficient (Wildman–Crippen LogP) is 6.20. The summed E-state index contributed by atoms with van der Waals surface area (Å²) in [5, 5.41) is 7.73. The van der Waals surface area contributed by atoms with Crippen LogP contribution in [-0.2, 0) is 19.1 Å². The number of anilines is 3. The van der Waals surface area contributed by atoms with Crippen LogP contribution < -0.4 is 35.5 Å². The average Bonchev–Trinajstić information content (AvgIpc) is 3.13. The van der Waals surface area contributed by atoms with Crippen LogP contribution in [0.5, 0.6) is 23.0 Å². The van der Waals surface area contributed by atoms with E-state index in [0.29, 0.717) is 29.7 Å². The number of nitrogens with one attached hydrogen (secondary N) is 2. The molecule has 0 bridgehead atoms. The Morgan fingerprint density at radius 3 is 1.94 bits per heavy atom. The number of methoxy groups -OCH3 is 4. The summed E-state index contributed by atoms with van der Waals surface area (Å²) < 4.78 is 25.6. The second-order valence-electron chi connectivity index (χ2n) is 10.4. The van der Waals surface area contributed by atoms with Crippen LogP contribution in [0.1, 0.15) is 26.2 Å². The van der Waals surface area contributed by atoms with E-state index in [4.69, 9.17) is 19.0 Å². The van der Waals surface area contributed by atoms with Crippen LogP contribution in [0.2, 0.25) is 0 Å². The number of aromatic nitrogens is 1. The van der Waals surface area contributed by atoms with E-state index in [0.717, 1.165) is 47.4 Å². The molecule has 268 valence electrons. The highest BCUT2D eigenvalue weighted by Gasteiger charge is 2.18. The van der Waals surface area contributed by atoms with Crippen LogP contribution in [0.25, 0.3) is 10.9 Å². The number of piperidine rings is 1. The average molecular weight is 680 g/mol. The van der Waals surface area contributed by atoms with Gasteiger partial charge < -0.3 is 49.7 Å². The third-order valence-corrected chi connectivity index (χ3v) is 6.86. The third-order valence-electron chi connectivity index (χ3n) is 6.86. The van der Waals surface area contributed by atoms with Crippen molar-refractivity contribution in [2.45, 2.75) is 32.2 Å². The van der Waals surface area contributed by atoms with Crippen molar-refractivity contribution in [1.29, 1.82) is 0 Å². The number of nitrogens with two attached hydrogens (primary N) is 1. The summed E-state index contributed by atoms with van der Waals surface area (Å²) >= 11 is 0. The number of hydrogen-bond donors (Lipinski definition) is 3. The lowest BCUT2D eigenvalue weighted by molar-refractivity contribution is -0.108. The summed E-state index contributed by atoms with van der Waals surface area (Å²) in [5.41, 5.74) is 8.19. The minimum absolute atomic E-state index is 0.250. The SMILES string of the molecule is CCC=O.CNC1CCN(c2ccc(Nc3cccc(Oc4ccnc5cc(OC)c(OC)cc45)c3)cc2)CC1.COC.COC.NC=O. The van der Waals surface area contributed by atoms with Gasteiger partial charge in [0.2, 0.25) is 6.41 Å². The van der Waals surface area contributed by atoms with Gasteiger partial charge in [0.25, 0.3) is 0 Å². The third kappa shape index (κ3) is 14.8. The number of nitrogens with zero attached hydrogens (tertiary/aromatic N) is 2. The number of carbonyl (C=O) groups is 2. The summed E-state index contributed by atoms with van der Waals surface area (Å²) in [6.45, 7) is 3.98. The van der Waals surface area contributed by atoms with Crippen molar-refractivity contribution in [1.82, 2.24) is 10.3 Å². The van der Waals surface area contributed by atoms with Gasteiger partial charge in [-0.05, 0) is 68.4 Å². The first-order valence-electron chi connectivity index (χ1n) is 15.8. The largest absolute Gasteiger partial charge is 0.493 e. The van der Waals surface area contributed by atoms with Gasteiger partial charge in [0.15, 0.2) is 11.5 Å². The molecule has 5 rings (SSSR count). The van der Waals surface area contributed by atoms with Gasteiger partial charge >= 0.3 is 0 Å². The van der Waals surface area contributed by atoms with Crippen molar-refractivity contribution in [3.05, 3.63) is 72.9 Å². The number of carbonyl (C=O) groups excluding carboxylic acids is 2. The molecule has 12 heteroatoms. The van der Waals surface area contributed by atoms with Crippen molar-refractivity contribution in [2.75, 3.05) is 73.0 Å². The van der Waals surface area contributed by atoms with Crippen LogP contribution in [0.4, 0.5) is 17.1 Å². The Hall–Kier alpha value is -4.91. The van der Waals surface area contributed by atoms with Crippen LogP contribution in [-0.4, -0.2) is 86.5 Å². The summed E-state index contributed by atoms with van der Waals surface area (Å²) in [7, 11) is 11.8. The van der Waals surface area contributed by atoms with Gasteiger partial charge in [-0.15, -0.1) is 0 Å². The minimum Gasteiger partial charge on any atom is -0.493 e. The van der Waals surface area contributed by atoms with Crippen molar-refractivity contribution < 1.29 is 33.3 Å². The predicted molar refractivity (Wildman–Crippen MR) is 198 cm³/mol. The van der Waals surface area contributed by atoms with Crippen molar-refractivity contribution in [2.24, 2.45) is 5.73 Å². The summed E-state index contributed by atoms with van der Waals surface area (Å²) in [4.78, 5) is 24.7. The van der Waals surface area contributed by atoms with Gasteiger partial charge in [-0.25, -0.2) is 0 Å². The molecule has 0 radical (unpaired) electrons. The van der Waals surface area contributed by atoms with Crippen LogP contribution in [0, 0.1) is 0 Å². The molecule has 49 heavy (non-hydrogen) atoms. The number of benzene rings is 3. The highest BCUT2D eigenvalue weighted by molar-refractivity contribution is 5.88. The number of amides is 1. The number of fused-ring (bicyclic) bond motifs is 1. The van der Waals surface area contributed by atoms with E-state index in [1.54, 1.807) is 48.9 Å². The van der Waals surface area contributed by atoms with E-state index in [9.17, 15) is 4.79 Å². The quantitative estimate of drug-likeness (QED) is 0.174. The molecule has 0 spiro atoms. The molecule has 0 aliphatic carbocycles. The maximum atomic E-state index is 9.17. The van der Waals surface area contributed by atoms with Gasteiger partial charge in [0.1, 0.15) is 17.8 Å². The molecule has 4 aromatic rings. The molecule has 3 aromatic carbocycles. The van der Waals surface area contributed by atoms with Gasteiger partial charge in [-0.3, -0.25) is 9.78 Å². The zero-order valence-corrected chi connectivity index (χ0v) is 30.0. The zero-order chi connectivity index (χ0) is 36.4. The fraction of sp³-hybridized carbons (Fsp3) is 0.378. The Morgan fingerprint density at radius 1 is 0.837 bits per heavy atom. The number of aldehydes is 1. The molecule has 1 saturated heterocycles. The van der Waals surface area contributed by atoms with E-state index in [1.807, 2.05) is 49.4 Å². The van der Waals surface area contributed by atoms with Gasteiger partial charge in [-0.2, -0.15) is 0 Å². The molecule has 1 aromatic heterocycles. The summed E-state index contributed by atoms with van der Waals surface area (Å²) in [6, 6.07) is 22.8. The number of rotatable bonds is 9. The minimum atomic E-state index is 0.250. The van der Waals surface area contributed by atoms with Gasteiger partial charge in [0, 0.05) is 94.8 Å². The standard InChI is InChI=1S/C29H32N4O3.C3H6O.2C2H6O.CH3NO/c1-30-20-12-15-33(16-13-20)23-9-7-21(8-10-23)32-22-5-4-6-24(17-22)36-27-11-14-31-26-19-29(35-3)28(34-2)18-25(26)27;1-2-3-4;2*1-3-2;2-1-3/h4-11,14,17-20,30,32H,12-13,15-16H2,1-3H3;3H,2H2,1H3;2*1-2H3;1H,(H2,2,3). The first-order valence-corrected chi connectivity index (χ1v) is 15.8. The Bertz CT molecular complexity index is 1480. The molecular formula is C37H53N5O7. The molecule has 0 atom stereocenters. The topological polar surface area (TPSA) is 147 Å². The second kappa shape index (κ2) is 25.2. The van der Waals surface area contributed by atoms with E-state index in [1.165, 1.54) is 18.5 Å². The Labute approximate surface area is 290 Å². The fourth-order valence-corrected chi connectivity index (χ4v) is 4.65. The highest BCUT2D eigenvalue weighted by Crippen LogP contribution is 2.37. The molecule has 0 unspecified atom stereocenters. The molecule has 1 amide bonds. The first-order chi connectivity index (χ1) is 23.8. The van der Waals surface area contributed by atoms with E-state index >= 15 is 0 Å². The Kier molecular flexibility index (Phi) is 21.6. The van der Waals surface area contributed by atoms with E-state index < -0.39 is 0 Å². The monoisotopic (exact) mass is 679 g/mol. The smallest absolute Gasteiger partial charge is 0.204 e. The summed E-state index contributed by atoms with van der Waals surface area (Å²) in [6.07, 6.45) is 5.85. The van der Waals surface area contributed by atoms with Crippen LogP contribution >= 0.6 is 0 Å².